The first-order valence-corrected chi connectivity index (χ1v) is 8.22. The fraction of sp³-hybridized carbons (Fsp3) is 0.214. The summed E-state index contributed by atoms with van der Waals surface area (Å²) in [7, 11) is 0. The van der Waals surface area contributed by atoms with Crippen LogP contribution in [0.3, 0.4) is 0 Å². The maximum atomic E-state index is 6.21. The lowest BCUT2D eigenvalue weighted by molar-refractivity contribution is 0.963. The van der Waals surface area contributed by atoms with Crippen LogP contribution in [0.25, 0.3) is 16.9 Å². The molecule has 3 aromatic rings. The number of hydrogen-bond donors (Lipinski definition) is 0. The van der Waals surface area contributed by atoms with Gasteiger partial charge in [0.2, 0.25) is 0 Å². The maximum absolute atomic E-state index is 6.21. The van der Waals surface area contributed by atoms with Gasteiger partial charge in [0, 0.05) is 16.5 Å². The van der Waals surface area contributed by atoms with Crippen molar-refractivity contribution >= 4 is 46.1 Å². The van der Waals surface area contributed by atoms with E-state index in [-0.39, 0.29) is 0 Å². The molecule has 0 spiro atoms. The topological polar surface area (TPSA) is 43.6 Å². The van der Waals surface area contributed by atoms with E-state index in [1.54, 1.807) is 18.1 Å². The molecule has 3 rings (SSSR count). The predicted octanol–water partition coefficient (Wildman–Crippen LogP) is 4.62. The highest BCUT2D eigenvalue weighted by Crippen LogP contribution is 2.26. The van der Waals surface area contributed by atoms with Crippen molar-refractivity contribution in [1.29, 1.82) is 0 Å². The van der Waals surface area contributed by atoms with Gasteiger partial charge in [-0.25, -0.2) is 15.0 Å². The Kier molecular flexibility index (Phi) is 4.33. The summed E-state index contributed by atoms with van der Waals surface area (Å²) in [5, 5.41) is 1.74. The van der Waals surface area contributed by atoms with Crippen LogP contribution in [0.4, 0.5) is 0 Å². The van der Waals surface area contributed by atoms with Crippen LogP contribution >= 0.6 is 35.0 Å². The second-order valence-corrected chi connectivity index (χ2v) is 6.27. The molecule has 2 heterocycles. The lowest BCUT2D eigenvalue weighted by atomic mass is 10.3. The van der Waals surface area contributed by atoms with Crippen molar-refractivity contribution in [2.45, 2.75) is 18.5 Å². The van der Waals surface area contributed by atoms with Crippen molar-refractivity contribution in [3.8, 4) is 5.69 Å². The monoisotopic (exact) mass is 338 g/mol. The van der Waals surface area contributed by atoms with E-state index in [1.807, 2.05) is 28.8 Å². The highest BCUT2D eigenvalue weighted by atomic mass is 35.5. The van der Waals surface area contributed by atoms with Crippen LogP contribution in [0.15, 0.2) is 35.7 Å². The van der Waals surface area contributed by atoms with Crippen molar-refractivity contribution in [1.82, 2.24) is 19.5 Å². The molecule has 0 aliphatic carbocycles. The van der Waals surface area contributed by atoms with Crippen LogP contribution < -0.4 is 0 Å². The van der Waals surface area contributed by atoms with Crippen LogP contribution in [0.5, 0.6) is 0 Å². The fourth-order valence-electron chi connectivity index (χ4n) is 1.90. The molecule has 0 bridgehead atoms. The van der Waals surface area contributed by atoms with Gasteiger partial charge < -0.3 is 0 Å². The molecule has 0 saturated carbocycles. The number of thioether (sulfide) groups is 1. The summed E-state index contributed by atoms with van der Waals surface area (Å²) >= 11 is 13.7. The Morgan fingerprint density at radius 1 is 1.14 bits per heavy atom. The van der Waals surface area contributed by atoms with E-state index in [1.165, 1.54) is 0 Å². The zero-order valence-corrected chi connectivity index (χ0v) is 13.6. The zero-order chi connectivity index (χ0) is 14.8. The lowest BCUT2D eigenvalue weighted by Crippen LogP contribution is -1.96. The summed E-state index contributed by atoms with van der Waals surface area (Å²) in [5.74, 6) is 0.955. The van der Waals surface area contributed by atoms with Crippen molar-refractivity contribution in [2.75, 3.05) is 5.75 Å². The van der Waals surface area contributed by atoms with Crippen LogP contribution in [-0.2, 0) is 0 Å². The summed E-state index contributed by atoms with van der Waals surface area (Å²) in [6.45, 7) is 2.12. The molecule has 2 aromatic heterocycles. The van der Waals surface area contributed by atoms with Gasteiger partial charge in [-0.2, -0.15) is 0 Å². The number of benzene rings is 1. The minimum atomic E-state index is 0.381. The van der Waals surface area contributed by atoms with Gasteiger partial charge in [0.15, 0.2) is 16.0 Å². The smallest absolute Gasteiger partial charge is 0.191 e. The van der Waals surface area contributed by atoms with Crippen molar-refractivity contribution in [2.24, 2.45) is 0 Å². The molecule has 0 atom stereocenters. The van der Waals surface area contributed by atoms with Crippen LogP contribution in [0.1, 0.15) is 13.3 Å². The number of halogens is 2. The number of rotatable bonds is 4. The molecule has 7 heteroatoms. The number of hydrogen-bond acceptors (Lipinski definition) is 4. The molecule has 0 fully saturated rings. The molecule has 0 amide bonds. The van der Waals surface area contributed by atoms with Gasteiger partial charge >= 0.3 is 0 Å². The number of fused-ring (bicyclic) bond motifs is 1. The minimum Gasteiger partial charge on any atom is -0.283 e. The Labute approximate surface area is 136 Å². The molecule has 0 aliphatic heterocycles. The highest BCUT2D eigenvalue weighted by molar-refractivity contribution is 7.99. The van der Waals surface area contributed by atoms with Crippen molar-refractivity contribution in [3.63, 3.8) is 0 Å². The summed E-state index contributed by atoms with van der Waals surface area (Å²) in [4.78, 5) is 13.1. The molecule has 108 valence electrons. The van der Waals surface area contributed by atoms with Gasteiger partial charge in [0.05, 0.1) is 0 Å². The Hall–Kier alpha value is -1.30. The largest absolute Gasteiger partial charge is 0.283 e. The summed E-state index contributed by atoms with van der Waals surface area (Å²) in [6.07, 6.45) is 2.75. The van der Waals surface area contributed by atoms with E-state index < -0.39 is 0 Å². The quantitative estimate of drug-likeness (QED) is 0.395. The van der Waals surface area contributed by atoms with E-state index in [2.05, 4.69) is 21.9 Å². The third-order valence-electron chi connectivity index (χ3n) is 2.87. The van der Waals surface area contributed by atoms with Crippen LogP contribution in [-0.4, -0.2) is 25.3 Å². The van der Waals surface area contributed by atoms with Gasteiger partial charge in [-0.15, -0.1) is 0 Å². The molecule has 0 radical (unpaired) electrons. The third kappa shape index (κ3) is 3.00. The normalized spacial score (nSPS) is 11.2. The minimum absolute atomic E-state index is 0.381. The molecule has 0 aliphatic rings. The van der Waals surface area contributed by atoms with Gasteiger partial charge in [-0.3, -0.25) is 4.57 Å². The zero-order valence-electron chi connectivity index (χ0n) is 11.3. The van der Waals surface area contributed by atoms with E-state index in [0.717, 1.165) is 17.9 Å². The Balaban J connectivity index is 2.11. The second-order valence-electron chi connectivity index (χ2n) is 4.41. The van der Waals surface area contributed by atoms with E-state index in [0.29, 0.717) is 26.5 Å². The summed E-state index contributed by atoms with van der Waals surface area (Å²) < 4.78 is 1.88. The SMILES string of the molecule is CCCSc1nc(Cl)c2ncn(-c3ccc(Cl)cc3)c2n1. The fourth-order valence-corrected chi connectivity index (χ4v) is 2.98. The first-order chi connectivity index (χ1) is 10.2. The Morgan fingerprint density at radius 2 is 1.90 bits per heavy atom. The first kappa shape index (κ1) is 14.6. The average Bonchev–Trinajstić information content (AvgIpc) is 2.90. The summed E-state index contributed by atoms with van der Waals surface area (Å²) in [5.41, 5.74) is 2.24. The molecule has 4 nitrogen and oxygen atoms in total. The van der Waals surface area contributed by atoms with Crippen molar-refractivity contribution in [3.05, 3.63) is 40.8 Å². The lowest BCUT2D eigenvalue weighted by Gasteiger charge is -2.05. The van der Waals surface area contributed by atoms with E-state index >= 15 is 0 Å². The number of imidazole rings is 1. The van der Waals surface area contributed by atoms with Gasteiger partial charge in [-0.05, 0) is 30.7 Å². The van der Waals surface area contributed by atoms with Gasteiger partial charge in [-0.1, -0.05) is 41.9 Å². The molecule has 0 N–H and O–H groups in total. The Morgan fingerprint density at radius 3 is 2.62 bits per heavy atom. The van der Waals surface area contributed by atoms with Gasteiger partial charge in [0.1, 0.15) is 11.8 Å². The number of aromatic nitrogens is 4. The number of nitrogens with zero attached hydrogens (tertiary/aromatic N) is 4. The molecule has 0 unspecified atom stereocenters. The second kappa shape index (κ2) is 6.22. The Bertz CT molecular complexity index is 770. The molecule has 21 heavy (non-hydrogen) atoms. The van der Waals surface area contributed by atoms with E-state index in [4.69, 9.17) is 23.2 Å². The molecular formula is C14H12Cl2N4S. The summed E-state index contributed by atoms with van der Waals surface area (Å²) in [6, 6.07) is 7.49. The molecule has 1 aromatic carbocycles. The van der Waals surface area contributed by atoms with E-state index in [9.17, 15) is 0 Å². The first-order valence-electron chi connectivity index (χ1n) is 6.48. The van der Waals surface area contributed by atoms with Crippen molar-refractivity contribution < 1.29 is 0 Å². The molecular weight excluding hydrogens is 327 g/mol. The maximum Gasteiger partial charge on any atom is 0.191 e. The van der Waals surface area contributed by atoms with Crippen LogP contribution in [0, 0.1) is 0 Å². The van der Waals surface area contributed by atoms with Gasteiger partial charge in [0.25, 0.3) is 0 Å². The average molecular weight is 339 g/mol. The van der Waals surface area contributed by atoms with Crippen LogP contribution in [0.2, 0.25) is 10.2 Å². The predicted molar refractivity (Wildman–Crippen MR) is 87.7 cm³/mol. The highest BCUT2D eigenvalue weighted by Gasteiger charge is 2.13. The standard InChI is InChI=1S/C14H12Cl2N4S/c1-2-7-21-14-18-12(16)11-13(19-14)20(8-17-11)10-5-3-9(15)4-6-10/h3-6,8H,2,7H2,1H3. The third-order valence-corrected chi connectivity index (χ3v) is 4.44. The molecule has 0 saturated heterocycles.